The molecule has 0 fully saturated rings. The fourth-order valence-corrected chi connectivity index (χ4v) is 0.719. The lowest BCUT2D eigenvalue weighted by Crippen LogP contribution is -2.03. The third kappa shape index (κ3) is 1.20. The van der Waals surface area contributed by atoms with E-state index in [9.17, 15) is 0 Å². The first-order valence-electron chi connectivity index (χ1n) is 2.82. The van der Waals surface area contributed by atoms with Gasteiger partial charge in [0.15, 0.2) is 0 Å². The van der Waals surface area contributed by atoms with E-state index in [-0.39, 0.29) is 0 Å². The van der Waals surface area contributed by atoms with Crippen LogP contribution in [0.15, 0.2) is 24.3 Å². The summed E-state index contributed by atoms with van der Waals surface area (Å²) in [5.41, 5.74) is 1.22. The van der Waals surface area contributed by atoms with Crippen LogP contribution in [0.25, 0.3) is 0 Å². The first-order valence-corrected chi connectivity index (χ1v) is 2.82. The van der Waals surface area contributed by atoms with Gasteiger partial charge in [-0.05, 0) is 12.0 Å². The van der Waals surface area contributed by atoms with Crippen LogP contribution >= 0.6 is 0 Å². The second-order valence-corrected chi connectivity index (χ2v) is 1.82. The summed E-state index contributed by atoms with van der Waals surface area (Å²) in [5.74, 6) is 0. The van der Waals surface area contributed by atoms with Crippen LogP contribution in [-0.4, -0.2) is 13.2 Å². The van der Waals surface area contributed by atoms with Crippen molar-refractivity contribution in [2.45, 2.75) is 6.42 Å². The Hall–Kier alpha value is -0.560. The molecule has 1 heteroatoms. The molecule has 1 rings (SSSR count). The first kappa shape index (κ1) is 5.57. The summed E-state index contributed by atoms with van der Waals surface area (Å²) in [6.45, 7) is 5.26. The Labute approximate surface area is 49.7 Å². The first-order chi connectivity index (χ1) is 3.93. The van der Waals surface area contributed by atoms with Crippen molar-refractivity contribution >= 4 is 0 Å². The maximum absolute atomic E-state index is 5.13. The molecule has 0 unspecified atom stereocenters. The van der Waals surface area contributed by atoms with Crippen LogP contribution < -0.4 is 0 Å². The summed E-state index contributed by atoms with van der Waals surface area (Å²) >= 11 is 0. The van der Waals surface area contributed by atoms with E-state index in [1.807, 2.05) is 6.08 Å². The molecule has 0 amide bonds. The molecule has 0 N–H and O–H groups in total. The summed E-state index contributed by atoms with van der Waals surface area (Å²) < 4.78 is 5.13. The summed E-state index contributed by atoms with van der Waals surface area (Å²) in [6.07, 6.45) is 5.05. The predicted molar refractivity (Wildman–Crippen MR) is 33.7 cm³/mol. The summed E-state index contributed by atoms with van der Waals surface area (Å²) in [7, 11) is 0. The van der Waals surface area contributed by atoms with E-state index >= 15 is 0 Å². The fourth-order valence-electron chi connectivity index (χ4n) is 0.719. The Morgan fingerprint density at radius 3 is 3.00 bits per heavy atom. The molecular formula is C7H10O. The monoisotopic (exact) mass is 110 g/mol. The van der Waals surface area contributed by atoms with Crippen LogP contribution in [0.4, 0.5) is 0 Å². The Balaban J connectivity index is 2.49. The molecule has 0 atom stereocenters. The van der Waals surface area contributed by atoms with Gasteiger partial charge in [-0.3, -0.25) is 0 Å². The van der Waals surface area contributed by atoms with E-state index in [1.165, 1.54) is 5.57 Å². The quantitative estimate of drug-likeness (QED) is 0.497. The lowest BCUT2D eigenvalue weighted by Gasteiger charge is -2.08. The minimum Gasteiger partial charge on any atom is -0.376 e. The lowest BCUT2D eigenvalue weighted by atomic mass is 10.2. The lowest BCUT2D eigenvalue weighted by molar-refractivity contribution is 0.153. The summed E-state index contributed by atoms with van der Waals surface area (Å²) in [5, 5.41) is 0. The molecule has 44 valence electrons. The Morgan fingerprint density at radius 1 is 1.75 bits per heavy atom. The molecule has 0 bridgehead atoms. The van der Waals surface area contributed by atoms with Crippen LogP contribution in [0.2, 0.25) is 0 Å². The highest BCUT2D eigenvalue weighted by Gasteiger charge is 1.96. The summed E-state index contributed by atoms with van der Waals surface area (Å²) in [6, 6.07) is 0. The van der Waals surface area contributed by atoms with Crippen LogP contribution in [0.5, 0.6) is 0 Å². The van der Waals surface area contributed by atoms with E-state index in [1.54, 1.807) is 0 Å². The molecule has 0 aromatic heterocycles. The van der Waals surface area contributed by atoms with E-state index in [2.05, 4.69) is 12.7 Å². The topological polar surface area (TPSA) is 9.23 Å². The molecule has 1 nitrogen and oxygen atoms in total. The molecule has 0 saturated carbocycles. The zero-order valence-corrected chi connectivity index (χ0v) is 4.89. The minimum atomic E-state index is 0.753. The molecule has 0 radical (unpaired) electrons. The Morgan fingerprint density at radius 2 is 2.62 bits per heavy atom. The highest BCUT2D eigenvalue weighted by atomic mass is 16.5. The zero-order valence-electron chi connectivity index (χ0n) is 4.89. The highest BCUT2D eigenvalue weighted by molar-refractivity contribution is 5.17. The van der Waals surface area contributed by atoms with Crippen LogP contribution in [0.1, 0.15) is 6.42 Å². The van der Waals surface area contributed by atoms with Crippen molar-refractivity contribution in [3.63, 3.8) is 0 Å². The van der Waals surface area contributed by atoms with Gasteiger partial charge in [0.1, 0.15) is 0 Å². The number of ether oxygens (including phenoxy) is 1. The van der Waals surface area contributed by atoms with Crippen molar-refractivity contribution in [2.24, 2.45) is 0 Å². The van der Waals surface area contributed by atoms with Crippen molar-refractivity contribution in [2.75, 3.05) is 13.2 Å². The normalized spacial score (nSPS) is 19.8. The number of hydrogen-bond donors (Lipinski definition) is 0. The van der Waals surface area contributed by atoms with Gasteiger partial charge in [-0.25, -0.2) is 0 Å². The van der Waals surface area contributed by atoms with Crippen molar-refractivity contribution in [1.29, 1.82) is 0 Å². The molecule has 0 saturated heterocycles. The molecule has 8 heavy (non-hydrogen) atoms. The van der Waals surface area contributed by atoms with E-state index in [4.69, 9.17) is 4.74 Å². The molecule has 1 aliphatic heterocycles. The molecule has 0 aromatic carbocycles. The largest absolute Gasteiger partial charge is 0.376 e. The zero-order chi connectivity index (χ0) is 5.82. The van der Waals surface area contributed by atoms with Crippen LogP contribution in [0.3, 0.4) is 0 Å². The van der Waals surface area contributed by atoms with Crippen molar-refractivity contribution < 1.29 is 4.74 Å². The van der Waals surface area contributed by atoms with Gasteiger partial charge < -0.3 is 4.74 Å². The van der Waals surface area contributed by atoms with Gasteiger partial charge in [0, 0.05) is 0 Å². The Kier molecular flexibility index (Phi) is 1.86. The van der Waals surface area contributed by atoms with Gasteiger partial charge in [-0.2, -0.15) is 0 Å². The van der Waals surface area contributed by atoms with Crippen LogP contribution in [0, 0.1) is 0 Å². The van der Waals surface area contributed by atoms with E-state index in [0.29, 0.717) is 0 Å². The highest BCUT2D eigenvalue weighted by Crippen LogP contribution is 2.04. The van der Waals surface area contributed by atoms with E-state index in [0.717, 1.165) is 19.6 Å². The second kappa shape index (κ2) is 2.68. The van der Waals surface area contributed by atoms with Gasteiger partial charge >= 0.3 is 0 Å². The van der Waals surface area contributed by atoms with Gasteiger partial charge in [0.05, 0.1) is 13.2 Å². The maximum atomic E-state index is 5.13. The number of hydrogen-bond acceptors (Lipinski definition) is 1. The molecule has 0 aliphatic carbocycles. The van der Waals surface area contributed by atoms with E-state index < -0.39 is 0 Å². The number of rotatable bonds is 1. The smallest absolute Gasteiger partial charge is 0.0713 e. The van der Waals surface area contributed by atoms with Crippen LogP contribution in [-0.2, 0) is 4.74 Å². The third-order valence-corrected chi connectivity index (χ3v) is 1.20. The fraction of sp³-hybridized carbons (Fsp3) is 0.429. The molecule has 0 aromatic rings. The average Bonchev–Trinajstić information content (AvgIpc) is 1.90. The molecular weight excluding hydrogens is 100 g/mol. The van der Waals surface area contributed by atoms with Gasteiger partial charge in [-0.15, -0.1) is 0 Å². The SMILES string of the molecule is C=CC1=CCCOC1. The van der Waals surface area contributed by atoms with Gasteiger partial charge in [0.2, 0.25) is 0 Å². The van der Waals surface area contributed by atoms with Crippen molar-refractivity contribution in [3.8, 4) is 0 Å². The molecule has 1 aliphatic rings. The average molecular weight is 110 g/mol. The summed E-state index contributed by atoms with van der Waals surface area (Å²) in [4.78, 5) is 0. The molecule has 0 spiro atoms. The second-order valence-electron chi connectivity index (χ2n) is 1.82. The standard InChI is InChI=1S/C7H10O/c1-2-7-4-3-5-8-6-7/h2,4H,1,3,5-6H2. The van der Waals surface area contributed by atoms with Gasteiger partial charge in [-0.1, -0.05) is 18.7 Å². The molecule has 1 heterocycles. The predicted octanol–water partition coefficient (Wildman–Crippen LogP) is 1.52. The van der Waals surface area contributed by atoms with Crippen molar-refractivity contribution in [1.82, 2.24) is 0 Å². The van der Waals surface area contributed by atoms with Crippen molar-refractivity contribution in [3.05, 3.63) is 24.3 Å². The minimum absolute atomic E-state index is 0.753. The van der Waals surface area contributed by atoms with Gasteiger partial charge in [0.25, 0.3) is 0 Å². The Bertz CT molecular complexity index is 114. The maximum Gasteiger partial charge on any atom is 0.0713 e. The third-order valence-electron chi connectivity index (χ3n) is 1.20.